The lowest BCUT2D eigenvalue weighted by molar-refractivity contribution is 0.846. The van der Waals surface area contributed by atoms with Crippen molar-refractivity contribution in [1.29, 1.82) is 5.26 Å². The maximum Gasteiger partial charge on any atom is 0.146 e. The Balaban J connectivity index is 2.60. The van der Waals surface area contributed by atoms with Gasteiger partial charge in [-0.05, 0) is 18.4 Å². The number of hydrogen-bond acceptors (Lipinski definition) is 4. The monoisotopic (exact) mass is 230 g/mol. The summed E-state index contributed by atoms with van der Waals surface area (Å²) in [7, 11) is 0. The zero-order chi connectivity index (χ0) is 11.5. The molecule has 16 heavy (non-hydrogen) atoms. The number of nitrogens with zero attached hydrogens (tertiary/aromatic N) is 3. The first-order chi connectivity index (χ1) is 7.77. The van der Waals surface area contributed by atoms with Gasteiger partial charge in [0.05, 0.1) is 5.69 Å². The number of anilines is 1. The van der Waals surface area contributed by atoms with Crippen molar-refractivity contribution in [3.8, 4) is 11.8 Å². The van der Waals surface area contributed by atoms with E-state index >= 15 is 0 Å². The van der Waals surface area contributed by atoms with Gasteiger partial charge in [0.2, 0.25) is 0 Å². The van der Waals surface area contributed by atoms with Gasteiger partial charge in [-0.1, -0.05) is 18.2 Å². The lowest BCUT2D eigenvalue weighted by Gasteiger charge is -2.02. The number of nitriles is 1. The molecule has 0 radical (unpaired) electrons. The molecule has 0 aliphatic heterocycles. The lowest BCUT2D eigenvalue weighted by Crippen LogP contribution is -2.01. The van der Waals surface area contributed by atoms with E-state index in [2.05, 4.69) is 11.2 Å². The highest BCUT2D eigenvalue weighted by atomic mass is 32.2. The summed E-state index contributed by atoms with van der Waals surface area (Å²) in [4.78, 5) is 0. The van der Waals surface area contributed by atoms with Crippen molar-refractivity contribution in [1.82, 2.24) is 9.78 Å². The van der Waals surface area contributed by atoms with Crippen LogP contribution in [-0.2, 0) is 0 Å². The van der Waals surface area contributed by atoms with Crippen LogP contribution < -0.4 is 5.73 Å². The lowest BCUT2D eigenvalue weighted by atomic mass is 10.3. The second-order valence-corrected chi connectivity index (χ2v) is 3.92. The van der Waals surface area contributed by atoms with Gasteiger partial charge in [-0.15, -0.1) is 11.8 Å². The Labute approximate surface area is 97.7 Å². The molecule has 0 saturated carbocycles. The Bertz CT molecular complexity index is 539. The Kier molecular flexibility index (Phi) is 2.84. The first kappa shape index (κ1) is 10.6. The molecule has 0 bridgehead atoms. The molecule has 0 aliphatic carbocycles. The zero-order valence-electron chi connectivity index (χ0n) is 8.71. The molecule has 0 unspecified atom stereocenters. The van der Waals surface area contributed by atoms with Crippen LogP contribution in [0.4, 0.5) is 5.82 Å². The molecule has 0 saturated heterocycles. The van der Waals surface area contributed by atoms with Gasteiger partial charge in [-0.25, -0.2) is 4.68 Å². The molecular weight excluding hydrogens is 220 g/mol. The molecule has 2 N–H and O–H groups in total. The number of thioether (sulfide) groups is 1. The van der Waals surface area contributed by atoms with Gasteiger partial charge in [0.15, 0.2) is 0 Å². The molecule has 0 fully saturated rings. The molecule has 80 valence electrons. The standard InChI is InChI=1S/C11H10N4S/c1-16-11-9(7-12)10(13)15(14-11)8-5-3-2-4-6-8/h2-6H,13H2,1H3. The molecule has 0 amide bonds. The second-order valence-electron chi connectivity index (χ2n) is 3.13. The van der Waals surface area contributed by atoms with Crippen molar-refractivity contribution in [3.63, 3.8) is 0 Å². The topological polar surface area (TPSA) is 67.6 Å². The van der Waals surface area contributed by atoms with Gasteiger partial charge < -0.3 is 5.73 Å². The smallest absolute Gasteiger partial charge is 0.146 e. The number of rotatable bonds is 2. The van der Waals surface area contributed by atoms with E-state index in [0.29, 0.717) is 16.4 Å². The average molecular weight is 230 g/mol. The minimum atomic E-state index is 0.387. The largest absolute Gasteiger partial charge is 0.382 e. The summed E-state index contributed by atoms with van der Waals surface area (Å²) in [6.07, 6.45) is 1.87. The summed E-state index contributed by atoms with van der Waals surface area (Å²) in [5, 5.41) is 14.0. The van der Waals surface area contributed by atoms with Crippen molar-refractivity contribution >= 4 is 17.6 Å². The van der Waals surface area contributed by atoms with Crippen LogP contribution in [0.15, 0.2) is 35.4 Å². The van der Waals surface area contributed by atoms with E-state index < -0.39 is 0 Å². The minimum absolute atomic E-state index is 0.387. The van der Waals surface area contributed by atoms with Crippen LogP contribution in [-0.4, -0.2) is 16.0 Å². The molecule has 2 aromatic rings. The summed E-state index contributed by atoms with van der Waals surface area (Å²) in [5.41, 5.74) is 7.19. The highest BCUT2D eigenvalue weighted by Gasteiger charge is 2.15. The van der Waals surface area contributed by atoms with Gasteiger partial charge in [0.1, 0.15) is 22.5 Å². The highest BCUT2D eigenvalue weighted by Crippen LogP contribution is 2.26. The number of para-hydroxylation sites is 1. The molecule has 0 atom stereocenters. The molecule has 5 heteroatoms. The highest BCUT2D eigenvalue weighted by molar-refractivity contribution is 7.98. The van der Waals surface area contributed by atoms with Crippen LogP contribution in [0.2, 0.25) is 0 Å². The van der Waals surface area contributed by atoms with Crippen LogP contribution >= 0.6 is 11.8 Å². The van der Waals surface area contributed by atoms with Crippen LogP contribution in [0.25, 0.3) is 5.69 Å². The Morgan fingerprint density at radius 1 is 1.38 bits per heavy atom. The fourth-order valence-electron chi connectivity index (χ4n) is 1.42. The number of hydrogen-bond donors (Lipinski definition) is 1. The molecule has 1 aromatic carbocycles. The average Bonchev–Trinajstić information content (AvgIpc) is 2.66. The fraction of sp³-hybridized carbons (Fsp3) is 0.0909. The van der Waals surface area contributed by atoms with Crippen LogP contribution in [0.1, 0.15) is 5.56 Å². The van der Waals surface area contributed by atoms with Crippen LogP contribution in [0.5, 0.6) is 0 Å². The van der Waals surface area contributed by atoms with Crippen LogP contribution in [0, 0.1) is 11.3 Å². The van der Waals surface area contributed by atoms with Gasteiger partial charge >= 0.3 is 0 Å². The number of benzene rings is 1. The van der Waals surface area contributed by atoms with Crippen molar-refractivity contribution in [2.24, 2.45) is 0 Å². The fourth-order valence-corrected chi connectivity index (χ4v) is 1.94. The Morgan fingerprint density at radius 3 is 2.56 bits per heavy atom. The van der Waals surface area contributed by atoms with Gasteiger partial charge in [0, 0.05) is 0 Å². The first-order valence-electron chi connectivity index (χ1n) is 4.66. The van der Waals surface area contributed by atoms with Crippen molar-refractivity contribution < 1.29 is 0 Å². The number of nitrogens with two attached hydrogens (primary N) is 1. The van der Waals surface area contributed by atoms with Crippen molar-refractivity contribution in [3.05, 3.63) is 35.9 Å². The summed E-state index contributed by atoms with van der Waals surface area (Å²) in [5.74, 6) is 0.387. The van der Waals surface area contributed by atoms with Crippen LogP contribution in [0.3, 0.4) is 0 Å². The molecule has 0 aliphatic rings. The Hall–Kier alpha value is -1.93. The minimum Gasteiger partial charge on any atom is -0.382 e. The SMILES string of the molecule is CSc1nn(-c2ccccc2)c(N)c1C#N. The maximum atomic E-state index is 8.99. The van der Waals surface area contributed by atoms with E-state index in [-0.39, 0.29) is 0 Å². The third-order valence-electron chi connectivity index (χ3n) is 2.19. The summed E-state index contributed by atoms with van der Waals surface area (Å²) in [6.45, 7) is 0. The number of aromatic nitrogens is 2. The molecule has 4 nitrogen and oxygen atoms in total. The van der Waals surface area contributed by atoms with Gasteiger partial charge in [-0.2, -0.15) is 10.4 Å². The first-order valence-corrected chi connectivity index (χ1v) is 5.88. The molecular formula is C11H10N4S. The van der Waals surface area contributed by atoms with Crippen molar-refractivity contribution in [2.45, 2.75) is 5.03 Å². The quantitative estimate of drug-likeness (QED) is 0.802. The normalized spacial score (nSPS) is 10.0. The van der Waals surface area contributed by atoms with E-state index in [1.54, 1.807) is 4.68 Å². The Morgan fingerprint density at radius 2 is 2.06 bits per heavy atom. The van der Waals surface area contributed by atoms with E-state index in [1.807, 2.05) is 36.6 Å². The molecule has 0 spiro atoms. The van der Waals surface area contributed by atoms with E-state index in [0.717, 1.165) is 5.69 Å². The van der Waals surface area contributed by atoms with E-state index in [4.69, 9.17) is 11.0 Å². The van der Waals surface area contributed by atoms with E-state index in [1.165, 1.54) is 11.8 Å². The third kappa shape index (κ3) is 1.64. The summed E-state index contributed by atoms with van der Waals surface area (Å²) < 4.78 is 1.59. The number of nitrogen functional groups attached to an aromatic ring is 1. The molecule has 2 rings (SSSR count). The molecule has 1 heterocycles. The van der Waals surface area contributed by atoms with Gasteiger partial charge in [0.25, 0.3) is 0 Å². The predicted molar refractivity (Wildman–Crippen MR) is 64.5 cm³/mol. The van der Waals surface area contributed by atoms with E-state index in [9.17, 15) is 0 Å². The predicted octanol–water partition coefficient (Wildman–Crippen LogP) is 2.05. The zero-order valence-corrected chi connectivity index (χ0v) is 9.53. The molecule has 1 aromatic heterocycles. The van der Waals surface area contributed by atoms with Crippen molar-refractivity contribution in [2.75, 3.05) is 12.0 Å². The maximum absolute atomic E-state index is 8.99. The summed E-state index contributed by atoms with van der Waals surface area (Å²) >= 11 is 1.42. The summed E-state index contributed by atoms with van der Waals surface area (Å²) in [6, 6.07) is 11.6. The second kappa shape index (κ2) is 4.29. The van der Waals surface area contributed by atoms with Gasteiger partial charge in [-0.3, -0.25) is 0 Å². The third-order valence-corrected chi connectivity index (χ3v) is 2.87.